The fraction of sp³-hybridized carbons (Fsp3) is 0.615. The van der Waals surface area contributed by atoms with E-state index in [1.54, 1.807) is 28.8 Å². The molecule has 19 heavy (non-hydrogen) atoms. The van der Waals surface area contributed by atoms with Crippen molar-refractivity contribution in [2.24, 2.45) is 18.7 Å². The predicted molar refractivity (Wildman–Crippen MR) is 72.7 cm³/mol. The first-order valence-corrected chi connectivity index (χ1v) is 6.79. The molecule has 6 nitrogen and oxygen atoms in total. The Morgan fingerprint density at radius 1 is 1.47 bits per heavy atom. The zero-order valence-corrected chi connectivity index (χ0v) is 11.1. The number of aryl methyl sites for hydroxylation is 2. The fourth-order valence-corrected chi connectivity index (χ4v) is 2.95. The molecular weight excluding hydrogens is 242 g/mol. The average Bonchev–Trinajstić information content (AvgIpc) is 2.96. The molecular formula is C13H19N5O. The van der Waals surface area contributed by atoms with Gasteiger partial charge in [-0.15, -0.1) is 0 Å². The molecule has 1 saturated carbocycles. The second-order valence-electron chi connectivity index (χ2n) is 5.39. The Bertz CT molecular complexity index is 644. The van der Waals surface area contributed by atoms with E-state index in [-0.39, 0.29) is 5.56 Å². The van der Waals surface area contributed by atoms with E-state index in [1.807, 2.05) is 0 Å². The molecule has 0 spiro atoms. The van der Waals surface area contributed by atoms with E-state index in [1.165, 1.54) is 12.8 Å². The molecule has 6 heteroatoms. The Labute approximate surface area is 111 Å². The van der Waals surface area contributed by atoms with Crippen molar-refractivity contribution in [3.63, 3.8) is 0 Å². The monoisotopic (exact) mass is 261 g/mol. The molecule has 2 aromatic rings. The van der Waals surface area contributed by atoms with Crippen LogP contribution in [0.4, 0.5) is 0 Å². The zero-order chi connectivity index (χ0) is 13.4. The third kappa shape index (κ3) is 2.16. The summed E-state index contributed by atoms with van der Waals surface area (Å²) < 4.78 is 3.29. The molecule has 2 N–H and O–H groups in total. The summed E-state index contributed by atoms with van der Waals surface area (Å²) in [5, 5.41) is 4.65. The summed E-state index contributed by atoms with van der Waals surface area (Å²) in [5.41, 5.74) is 6.69. The van der Waals surface area contributed by atoms with Crippen LogP contribution in [0.1, 0.15) is 25.7 Å². The minimum Gasteiger partial charge on any atom is -0.327 e. The van der Waals surface area contributed by atoms with E-state index in [0.29, 0.717) is 29.5 Å². The van der Waals surface area contributed by atoms with Crippen LogP contribution in [0, 0.1) is 5.92 Å². The number of fused-ring (bicyclic) bond motifs is 1. The number of nitrogens with two attached hydrogens (primary N) is 1. The third-order valence-corrected chi connectivity index (χ3v) is 4.18. The van der Waals surface area contributed by atoms with Crippen LogP contribution < -0.4 is 11.3 Å². The minimum atomic E-state index is -0.00957. The highest BCUT2D eigenvalue weighted by Crippen LogP contribution is 2.26. The maximum absolute atomic E-state index is 12.3. The molecule has 3 rings (SSSR count). The van der Waals surface area contributed by atoms with Gasteiger partial charge in [0.1, 0.15) is 5.39 Å². The highest BCUT2D eigenvalue weighted by atomic mass is 16.1. The molecule has 2 unspecified atom stereocenters. The third-order valence-electron chi connectivity index (χ3n) is 4.18. The van der Waals surface area contributed by atoms with Gasteiger partial charge in [0.25, 0.3) is 5.56 Å². The van der Waals surface area contributed by atoms with Crippen LogP contribution in [0.3, 0.4) is 0 Å². The van der Waals surface area contributed by atoms with Crippen LogP contribution in [-0.2, 0) is 13.6 Å². The van der Waals surface area contributed by atoms with Crippen molar-refractivity contribution in [3.05, 3.63) is 22.9 Å². The van der Waals surface area contributed by atoms with Crippen LogP contribution in [0.15, 0.2) is 17.3 Å². The number of rotatable bonds is 3. The van der Waals surface area contributed by atoms with Gasteiger partial charge in [-0.1, -0.05) is 6.42 Å². The maximum atomic E-state index is 12.3. The molecule has 2 aromatic heterocycles. The summed E-state index contributed by atoms with van der Waals surface area (Å²) in [6.45, 7) is 0.690. The topological polar surface area (TPSA) is 78.7 Å². The summed E-state index contributed by atoms with van der Waals surface area (Å²) in [4.78, 5) is 16.6. The molecule has 1 aliphatic carbocycles. The first-order valence-electron chi connectivity index (χ1n) is 6.79. The van der Waals surface area contributed by atoms with Crippen LogP contribution in [-0.4, -0.2) is 25.4 Å². The lowest BCUT2D eigenvalue weighted by molar-refractivity contribution is 0.411. The first-order chi connectivity index (χ1) is 9.16. The lowest BCUT2D eigenvalue weighted by atomic mass is 10.0. The van der Waals surface area contributed by atoms with Gasteiger partial charge in [-0.25, -0.2) is 4.98 Å². The molecule has 0 amide bonds. The Morgan fingerprint density at radius 2 is 2.32 bits per heavy atom. The van der Waals surface area contributed by atoms with Gasteiger partial charge in [-0.2, -0.15) is 5.10 Å². The molecule has 102 valence electrons. The van der Waals surface area contributed by atoms with E-state index >= 15 is 0 Å². The number of hydrogen-bond donors (Lipinski definition) is 1. The van der Waals surface area contributed by atoms with Gasteiger partial charge in [0.2, 0.25) is 0 Å². The molecule has 0 aromatic carbocycles. The smallest absolute Gasteiger partial charge is 0.264 e. The van der Waals surface area contributed by atoms with Crippen LogP contribution >= 0.6 is 0 Å². The molecule has 0 radical (unpaired) electrons. The van der Waals surface area contributed by atoms with Gasteiger partial charge < -0.3 is 5.73 Å². The summed E-state index contributed by atoms with van der Waals surface area (Å²) >= 11 is 0. The van der Waals surface area contributed by atoms with Crippen molar-refractivity contribution in [2.45, 2.75) is 38.3 Å². The zero-order valence-electron chi connectivity index (χ0n) is 11.1. The molecule has 2 atom stereocenters. The molecule has 0 saturated heterocycles. The Kier molecular flexibility index (Phi) is 3.10. The summed E-state index contributed by atoms with van der Waals surface area (Å²) in [5.74, 6) is 0.538. The number of hydrogen-bond acceptors (Lipinski definition) is 4. The van der Waals surface area contributed by atoms with E-state index in [2.05, 4.69) is 10.1 Å². The van der Waals surface area contributed by atoms with E-state index in [0.717, 1.165) is 12.8 Å². The standard InChI is InChI=1S/C13H19N5O/c1-17-12-10(7-16-17)13(19)18(8-15-12)6-5-9-3-2-4-11(9)14/h7-9,11H,2-6,14H2,1H3. The lowest BCUT2D eigenvalue weighted by Gasteiger charge is -2.15. The van der Waals surface area contributed by atoms with Crippen molar-refractivity contribution in [1.82, 2.24) is 19.3 Å². The highest BCUT2D eigenvalue weighted by molar-refractivity contribution is 5.72. The van der Waals surface area contributed by atoms with Crippen molar-refractivity contribution in [2.75, 3.05) is 0 Å². The van der Waals surface area contributed by atoms with Gasteiger partial charge in [0, 0.05) is 19.6 Å². The Balaban J connectivity index is 1.81. The molecule has 0 bridgehead atoms. The number of aromatic nitrogens is 4. The van der Waals surface area contributed by atoms with Crippen molar-refractivity contribution >= 4 is 11.0 Å². The molecule has 2 heterocycles. The van der Waals surface area contributed by atoms with Crippen molar-refractivity contribution in [3.8, 4) is 0 Å². The quantitative estimate of drug-likeness (QED) is 0.879. The molecule has 0 aliphatic heterocycles. The lowest BCUT2D eigenvalue weighted by Crippen LogP contribution is -2.27. The van der Waals surface area contributed by atoms with Crippen LogP contribution in [0.2, 0.25) is 0 Å². The van der Waals surface area contributed by atoms with Crippen molar-refractivity contribution < 1.29 is 0 Å². The van der Waals surface area contributed by atoms with Crippen molar-refractivity contribution in [1.29, 1.82) is 0 Å². The second kappa shape index (κ2) is 4.77. The van der Waals surface area contributed by atoms with Gasteiger partial charge >= 0.3 is 0 Å². The van der Waals surface area contributed by atoms with E-state index in [9.17, 15) is 4.79 Å². The summed E-state index contributed by atoms with van der Waals surface area (Å²) in [7, 11) is 1.79. The average molecular weight is 261 g/mol. The summed E-state index contributed by atoms with van der Waals surface area (Å²) in [6, 6.07) is 0.297. The molecule has 1 aliphatic rings. The van der Waals surface area contributed by atoms with Gasteiger partial charge in [-0.05, 0) is 25.2 Å². The minimum absolute atomic E-state index is 0.00957. The summed E-state index contributed by atoms with van der Waals surface area (Å²) in [6.07, 6.45) is 7.66. The predicted octanol–water partition coefficient (Wildman–Crippen LogP) is 0.648. The second-order valence-corrected chi connectivity index (χ2v) is 5.39. The fourth-order valence-electron chi connectivity index (χ4n) is 2.95. The van der Waals surface area contributed by atoms with Gasteiger partial charge in [0.05, 0.1) is 12.5 Å². The van der Waals surface area contributed by atoms with Gasteiger partial charge in [-0.3, -0.25) is 14.0 Å². The van der Waals surface area contributed by atoms with E-state index < -0.39 is 0 Å². The van der Waals surface area contributed by atoms with E-state index in [4.69, 9.17) is 5.73 Å². The highest BCUT2D eigenvalue weighted by Gasteiger charge is 2.23. The Hall–Kier alpha value is -1.69. The number of nitrogens with zero attached hydrogens (tertiary/aromatic N) is 4. The molecule has 1 fully saturated rings. The van der Waals surface area contributed by atoms with Crippen LogP contribution in [0.25, 0.3) is 11.0 Å². The van der Waals surface area contributed by atoms with Gasteiger partial charge in [0.15, 0.2) is 5.65 Å². The maximum Gasteiger partial charge on any atom is 0.264 e. The van der Waals surface area contributed by atoms with Crippen LogP contribution in [0.5, 0.6) is 0 Å². The normalized spacial score (nSPS) is 23.3. The SMILES string of the molecule is Cn1ncc2c(=O)n(CCC3CCCC3N)cnc21. The largest absolute Gasteiger partial charge is 0.327 e. The Morgan fingerprint density at radius 3 is 3.05 bits per heavy atom. The first kappa shape index (κ1) is 12.3.